The predicted molar refractivity (Wildman–Crippen MR) is 107 cm³/mol. The van der Waals surface area contributed by atoms with Crippen molar-refractivity contribution < 1.29 is 0 Å². The summed E-state index contributed by atoms with van der Waals surface area (Å²) in [5.41, 5.74) is 4.08. The minimum Gasteiger partial charge on any atom is -0.373 e. The predicted octanol–water partition coefficient (Wildman–Crippen LogP) is 3.94. The number of rotatable bonds is 6. The Morgan fingerprint density at radius 2 is 1.69 bits per heavy atom. The molecule has 4 aromatic rings. The molecular weight excluding hydrogens is 322 g/mol. The van der Waals surface area contributed by atoms with Gasteiger partial charge in [-0.25, -0.2) is 4.98 Å². The second-order valence-electron chi connectivity index (χ2n) is 6.18. The number of nitrogens with one attached hydrogen (secondary N) is 1. The van der Waals surface area contributed by atoms with E-state index in [0.717, 1.165) is 35.8 Å². The first-order valence-electron chi connectivity index (χ1n) is 8.71. The van der Waals surface area contributed by atoms with E-state index in [9.17, 15) is 0 Å². The molecule has 0 atom stereocenters. The van der Waals surface area contributed by atoms with Crippen LogP contribution in [0.4, 0.5) is 11.5 Å². The third-order valence-corrected chi connectivity index (χ3v) is 4.38. The lowest BCUT2D eigenvalue weighted by atomic mass is 10.1. The van der Waals surface area contributed by atoms with E-state index in [1.165, 1.54) is 5.69 Å². The van der Waals surface area contributed by atoms with Gasteiger partial charge in [-0.15, -0.1) is 0 Å². The Morgan fingerprint density at radius 1 is 0.962 bits per heavy atom. The van der Waals surface area contributed by atoms with Crippen molar-refractivity contribution in [2.45, 2.75) is 0 Å². The highest BCUT2D eigenvalue weighted by Gasteiger charge is 2.08. The van der Waals surface area contributed by atoms with Crippen LogP contribution in [0.5, 0.6) is 0 Å². The molecule has 5 heteroatoms. The number of hydrogen-bond acceptors (Lipinski definition) is 4. The Labute approximate surface area is 152 Å². The number of anilines is 2. The molecule has 0 aliphatic heterocycles. The second-order valence-corrected chi connectivity index (χ2v) is 6.18. The number of benzene rings is 2. The molecule has 0 radical (unpaired) electrons. The van der Waals surface area contributed by atoms with Gasteiger partial charge >= 0.3 is 0 Å². The van der Waals surface area contributed by atoms with Crippen LogP contribution in [-0.4, -0.2) is 34.7 Å². The first-order chi connectivity index (χ1) is 12.8. The van der Waals surface area contributed by atoms with Crippen molar-refractivity contribution in [1.82, 2.24) is 14.6 Å². The van der Waals surface area contributed by atoms with Crippen molar-refractivity contribution in [2.24, 2.45) is 0 Å². The molecule has 2 aromatic carbocycles. The van der Waals surface area contributed by atoms with Gasteiger partial charge in [0.2, 0.25) is 0 Å². The molecule has 26 heavy (non-hydrogen) atoms. The summed E-state index contributed by atoms with van der Waals surface area (Å²) in [4.78, 5) is 6.94. The Balaban J connectivity index is 1.53. The Morgan fingerprint density at radius 3 is 2.46 bits per heavy atom. The largest absolute Gasteiger partial charge is 0.373 e. The normalized spacial score (nSPS) is 10.8. The Kier molecular flexibility index (Phi) is 4.51. The maximum absolute atomic E-state index is 4.71. The minimum atomic E-state index is 0.804. The van der Waals surface area contributed by atoms with Crippen LogP contribution in [0.3, 0.4) is 0 Å². The molecule has 0 saturated heterocycles. The van der Waals surface area contributed by atoms with E-state index in [1.807, 2.05) is 34.8 Å². The van der Waals surface area contributed by atoms with Crippen LogP contribution in [-0.2, 0) is 0 Å². The maximum Gasteiger partial charge on any atom is 0.157 e. The molecule has 0 aliphatic carbocycles. The van der Waals surface area contributed by atoms with Crippen LogP contribution < -0.4 is 10.2 Å². The molecule has 0 bridgehead atoms. The summed E-state index contributed by atoms with van der Waals surface area (Å²) in [6.07, 6.45) is 1.78. The van der Waals surface area contributed by atoms with Gasteiger partial charge in [0.1, 0.15) is 5.82 Å². The molecule has 2 heterocycles. The number of nitrogens with zero attached hydrogens (tertiary/aromatic N) is 4. The first-order valence-corrected chi connectivity index (χ1v) is 8.71. The number of para-hydroxylation sites is 1. The number of likely N-dealkylation sites (N-methyl/N-ethyl adjacent to an activating group) is 1. The summed E-state index contributed by atoms with van der Waals surface area (Å²) in [7, 11) is 2.10. The summed E-state index contributed by atoms with van der Waals surface area (Å²) in [5, 5.41) is 7.89. The highest BCUT2D eigenvalue weighted by atomic mass is 15.3. The molecule has 4 rings (SSSR count). The van der Waals surface area contributed by atoms with E-state index in [4.69, 9.17) is 4.98 Å². The number of aromatic nitrogens is 3. The van der Waals surface area contributed by atoms with Crippen LogP contribution in [0, 0.1) is 0 Å². The lowest BCUT2D eigenvalue weighted by molar-refractivity contribution is 0.883. The van der Waals surface area contributed by atoms with Crippen molar-refractivity contribution in [3.05, 3.63) is 79.0 Å². The highest BCUT2D eigenvalue weighted by Crippen LogP contribution is 2.21. The Hall–Kier alpha value is -3.34. The molecule has 1 N–H and O–H groups in total. The molecule has 0 amide bonds. The number of hydrogen-bond donors (Lipinski definition) is 1. The highest BCUT2D eigenvalue weighted by molar-refractivity contribution is 5.66. The molecule has 0 aliphatic rings. The summed E-state index contributed by atoms with van der Waals surface area (Å²) >= 11 is 0. The summed E-state index contributed by atoms with van der Waals surface area (Å²) in [6.45, 7) is 1.69. The molecular formula is C21H21N5. The van der Waals surface area contributed by atoms with Gasteiger partial charge in [-0.1, -0.05) is 48.5 Å². The molecule has 2 aromatic heterocycles. The Bertz CT molecular complexity index is 979. The molecule has 0 fully saturated rings. The van der Waals surface area contributed by atoms with Gasteiger partial charge in [-0.05, 0) is 12.1 Å². The van der Waals surface area contributed by atoms with Crippen LogP contribution >= 0.6 is 0 Å². The van der Waals surface area contributed by atoms with E-state index in [1.54, 1.807) is 6.20 Å². The SMILES string of the molecule is CN(CCNc1cc(-c2ccccc2)nc2ccnn12)c1ccccc1. The van der Waals surface area contributed by atoms with Gasteiger partial charge in [0.25, 0.3) is 0 Å². The fourth-order valence-electron chi connectivity index (χ4n) is 2.96. The lowest BCUT2D eigenvalue weighted by Crippen LogP contribution is -2.25. The van der Waals surface area contributed by atoms with E-state index in [2.05, 4.69) is 64.8 Å². The standard InChI is InChI=1S/C21H21N5/c1-25(18-10-6-3-7-11-18)15-14-22-21-16-19(17-8-4-2-5-9-17)24-20-12-13-23-26(20)21/h2-13,16,22H,14-15H2,1H3. The molecule has 0 spiro atoms. The monoisotopic (exact) mass is 343 g/mol. The molecule has 0 unspecified atom stereocenters. The van der Waals surface area contributed by atoms with Crippen LogP contribution in [0.1, 0.15) is 0 Å². The van der Waals surface area contributed by atoms with Crippen LogP contribution in [0.25, 0.3) is 16.9 Å². The van der Waals surface area contributed by atoms with Gasteiger partial charge in [0, 0.05) is 43.5 Å². The van der Waals surface area contributed by atoms with Gasteiger partial charge in [-0.2, -0.15) is 9.61 Å². The molecule has 5 nitrogen and oxygen atoms in total. The van der Waals surface area contributed by atoms with E-state index in [0.29, 0.717) is 0 Å². The smallest absolute Gasteiger partial charge is 0.157 e. The third kappa shape index (κ3) is 3.37. The second kappa shape index (κ2) is 7.27. The first kappa shape index (κ1) is 16.1. The van der Waals surface area contributed by atoms with Gasteiger partial charge in [-0.3, -0.25) is 0 Å². The summed E-state index contributed by atoms with van der Waals surface area (Å²) < 4.78 is 1.84. The fraction of sp³-hybridized carbons (Fsp3) is 0.143. The topological polar surface area (TPSA) is 45.5 Å². The molecule has 0 saturated carbocycles. The maximum atomic E-state index is 4.71. The average molecular weight is 343 g/mol. The van der Waals surface area contributed by atoms with Gasteiger partial charge in [0.15, 0.2) is 5.65 Å². The minimum absolute atomic E-state index is 0.804. The van der Waals surface area contributed by atoms with Crippen LogP contribution in [0.15, 0.2) is 79.0 Å². The lowest BCUT2D eigenvalue weighted by Gasteiger charge is -2.20. The summed E-state index contributed by atoms with van der Waals surface area (Å²) in [5.74, 6) is 0.945. The van der Waals surface area contributed by atoms with Crippen molar-refractivity contribution in [2.75, 3.05) is 30.4 Å². The summed E-state index contributed by atoms with van der Waals surface area (Å²) in [6, 6.07) is 24.6. The van der Waals surface area contributed by atoms with Gasteiger partial charge in [0.05, 0.1) is 11.9 Å². The van der Waals surface area contributed by atoms with Crippen molar-refractivity contribution in [1.29, 1.82) is 0 Å². The van der Waals surface area contributed by atoms with Crippen molar-refractivity contribution in [3.8, 4) is 11.3 Å². The third-order valence-electron chi connectivity index (χ3n) is 4.38. The van der Waals surface area contributed by atoms with Crippen LogP contribution in [0.2, 0.25) is 0 Å². The molecule has 130 valence electrons. The van der Waals surface area contributed by atoms with E-state index in [-0.39, 0.29) is 0 Å². The van der Waals surface area contributed by atoms with E-state index < -0.39 is 0 Å². The number of fused-ring (bicyclic) bond motifs is 1. The van der Waals surface area contributed by atoms with Gasteiger partial charge < -0.3 is 10.2 Å². The fourth-order valence-corrected chi connectivity index (χ4v) is 2.96. The van der Waals surface area contributed by atoms with Crippen molar-refractivity contribution >= 4 is 17.2 Å². The zero-order valence-corrected chi connectivity index (χ0v) is 14.7. The zero-order chi connectivity index (χ0) is 17.8. The quantitative estimate of drug-likeness (QED) is 0.576. The van der Waals surface area contributed by atoms with Crippen molar-refractivity contribution in [3.63, 3.8) is 0 Å². The average Bonchev–Trinajstić information content (AvgIpc) is 3.18. The zero-order valence-electron chi connectivity index (χ0n) is 14.7. The van der Waals surface area contributed by atoms with E-state index >= 15 is 0 Å².